The van der Waals surface area contributed by atoms with Crippen LogP contribution in [0.1, 0.15) is 42.7 Å². The Hall–Kier alpha value is -3.17. The van der Waals surface area contributed by atoms with E-state index in [0.717, 1.165) is 17.7 Å². The Labute approximate surface area is 200 Å². The van der Waals surface area contributed by atoms with Crippen molar-refractivity contribution < 1.29 is 24.0 Å². The summed E-state index contributed by atoms with van der Waals surface area (Å²) in [6.07, 6.45) is 0. The van der Waals surface area contributed by atoms with Crippen LogP contribution in [0.5, 0.6) is 0 Å². The smallest absolute Gasteiger partial charge is 0.329 e. The number of carbonyl (C=O) groups is 3. The molecule has 0 fully saturated rings. The van der Waals surface area contributed by atoms with Gasteiger partial charge in [0.15, 0.2) is 6.61 Å². The van der Waals surface area contributed by atoms with Crippen LogP contribution in [0.2, 0.25) is 10.0 Å². The molecule has 0 saturated carbocycles. The Morgan fingerprint density at radius 2 is 1.67 bits per heavy atom. The topological polar surface area (TPSA) is 128 Å². The standard InChI is InChI=1S/C22H23Cl2N3O6/c1-12(2)20(26-21(29)17-9-8-16(27(31)32)10-18(17)24)22(30)33-11-19(28)25-13(3)14-4-6-15(23)7-5-14/h4-10,12-13,20H,11H2,1-3H3,(H,25,28)(H,26,29)/t13?,20-/m0/s1. The van der Waals surface area contributed by atoms with Crippen molar-refractivity contribution >= 4 is 46.7 Å². The monoisotopic (exact) mass is 495 g/mol. The predicted octanol–water partition coefficient (Wildman–Crippen LogP) is 4.08. The first-order valence-corrected chi connectivity index (χ1v) is 10.7. The highest BCUT2D eigenvalue weighted by molar-refractivity contribution is 6.34. The van der Waals surface area contributed by atoms with Gasteiger partial charge in [0.05, 0.1) is 21.6 Å². The third-order valence-corrected chi connectivity index (χ3v) is 5.27. The SMILES string of the molecule is CC(NC(=O)COC(=O)[C@@H](NC(=O)c1ccc([N+](=O)[O-])cc1Cl)C(C)C)c1ccc(Cl)cc1. The second kappa shape index (κ2) is 11.6. The molecule has 0 aliphatic carbocycles. The summed E-state index contributed by atoms with van der Waals surface area (Å²) in [4.78, 5) is 47.5. The lowest BCUT2D eigenvalue weighted by atomic mass is 10.0. The summed E-state index contributed by atoms with van der Waals surface area (Å²) in [5.74, 6) is -2.38. The van der Waals surface area contributed by atoms with E-state index in [2.05, 4.69) is 10.6 Å². The number of ether oxygens (including phenoxy) is 1. The molecule has 2 aromatic carbocycles. The van der Waals surface area contributed by atoms with Crippen LogP contribution in [0.15, 0.2) is 42.5 Å². The first kappa shape index (κ1) is 26.1. The number of amides is 2. The van der Waals surface area contributed by atoms with Gasteiger partial charge in [-0.25, -0.2) is 4.79 Å². The quantitative estimate of drug-likeness (QED) is 0.306. The Balaban J connectivity index is 1.96. The molecule has 0 spiro atoms. The predicted molar refractivity (Wildman–Crippen MR) is 123 cm³/mol. The first-order chi connectivity index (χ1) is 15.5. The van der Waals surface area contributed by atoms with Crippen molar-refractivity contribution in [2.75, 3.05) is 6.61 Å². The molecular formula is C22H23Cl2N3O6. The van der Waals surface area contributed by atoms with Crippen molar-refractivity contribution in [2.24, 2.45) is 5.92 Å². The van der Waals surface area contributed by atoms with E-state index in [4.69, 9.17) is 27.9 Å². The molecule has 0 heterocycles. The molecule has 2 atom stereocenters. The Bertz CT molecular complexity index is 1040. The maximum Gasteiger partial charge on any atom is 0.329 e. The van der Waals surface area contributed by atoms with Gasteiger partial charge in [0, 0.05) is 17.2 Å². The summed E-state index contributed by atoms with van der Waals surface area (Å²) >= 11 is 11.8. The second-order valence-corrected chi connectivity index (χ2v) is 8.41. The summed E-state index contributed by atoms with van der Waals surface area (Å²) in [6, 6.07) is 8.92. The highest BCUT2D eigenvalue weighted by Crippen LogP contribution is 2.23. The van der Waals surface area contributed by atoms with E-state index in [0.29, 0.717) is 5.02 Å². The van der Waals surface area contributed by atoms with E-state index in [1.165, 1.54) is 6.07 Å². The zero-order valence-electron chi connectivity index (χ0n) is 18.1. The number of halogens is 2. The molecule has 2 rings (SSSR count). The third-order valence-electron chi connectivity index (χ3n) is 4.71. The largest absolute Gasteiger partial charge is 0.454 e. The fraction of sp³-hybridized carbons (Fsp3) is 0.318. The maximum absolute atomic E-state index is 12.6. The van der Waals surface area contributed by atoms with Gasteiger partial charge in [0.2, 0.25) is 0 Å². The fourth-order valence-electron chi connectivity index (χ4n) is 2.86. The average Bonchev–Trinajstić information content (AvgIpc) is 2.75. The molecule has 0 bridgehead atoms. The molecule has 2 amide bonds. The minimum atomic E-state index is -1.06. The van der Waals surface area contributed by atoms with E-state index >= 15 is 0 Å². The van der Waals surface area contributed by atoms with Crippen molar-refractivity contribution in [3.8, 4) is 0 Å². The molecule has 1 unspecified atom stereocenters. The summed E-state index contributed by atoms with van der Waals surface area (Å²) in [6.45, 7) is 4.61. The van der Waals surface area contributed by atoms with E-state index in [-0.39, 0.29) is 28.2 Å². The number of hydrogen-bond donors (Lipinski definition) is 2. The van der Waals surface area contributed by atoms with Crippen LogP contribution in [0, 0.1) is 16.0 Å². The summed E-state index contributed by atoms with van der Waals surface area (Å²) < 4.78 is 5.09. The van der Waals surface area contributed by atoms with Crippen LogP contribution < -0.4 is 10.6 Å². The number of hydrogen-bond acceptors (Lipinski definition) is 6. The first-order valence-electron chi connectivity index (χ1n) is 9.95. The normalized spacial score (nSPS) is 12.5. The molecule has 0 aromatic heterocycles. The molecule has 176 valence electrons. The molecule has 0 radical (unpaired) electrons. The number of rotatable bonds is 9. The van der Waals surface area contributed by atoms with Crippen LogP contribution in [0.3, 0.4) is 0 Å². The minimum absolute atomic E-state index is 0.0322. The van der Waals surface area contributed by atoms with Crippen LogP contribution in [0.4, 0.5) is 5.69 Å². The molecule has 2 N–H and O–H groups in total. The van der Waals surface area contributed by atoms with Crippen molar-refractivity contribution in [3.05, 3.63) is 73.8 Å². The number of non-ortho nitro benzene ring substituents is 1. The Morgan fingerprint density at radius 3 is 2.21 bits per heavy atom. The van der Waals surface area contributed by atoms with Crippen molar-refractivity contribution in [3.63, 3.8) is 0 Å². The second-order valence-electron chi connectivity index (χ2n) is 7.56. The zero-order valence-corrected chi connectivity index (χ0v) is 19.6. The molecule has 0 aliphatic heterocycles. The molecule has 9 nitrogen and oxygen atoms in total. The molecule has 11 heteroatoms. The summed E-state index contributed by atoms with van der Waals surface area (Å²) in [5.41, 5.74) is 0.525. The van der Waals surface area contributed by atoms with Crippen LogP contribution in [0.25, 0.3) is 0 Å². The van der Waals surface area contributed by atoms with E-state index in [9.17, 15) is 24.5 Å². The van der Waals surface area contributed by atoms with Gasteiger partial charge in [-0.1, -0.05) is 49.2 Å². The van der Waals surface area contributed by atoms with Gasteiger partial charge in [-0.05, 0) is 36.6 Å². The lowest BCUT2D eigenvalue weighted by Gasteiger charge is -2.21. The number of carbonyl (C=O) groups excluding carboxylic acids is 3. The maximum atomic E-state index is 12.6. The molecule has 33 heavy (non-hydrogen) atoms. The molecule has 0 aliphatic rings. The van der Waals surface area contributed by atoms with Crippen LogP contribution in [-0.2, 0) is 14.3 Å². The van der Waals surface area contributed by atoms with Crippen LogP contribution >= 0.6 is 23.2 Å². The number of benzene rings is 2. The van der Waals surface area contributed by atoms with Gasteiger partial charge in [-0.3, -0.25) is 19.7 Å². The highest BCUT2D eigenvalue weighted by Gasteiger charge is 2.28. The zero-order chi connectivity index (χ0) is 24.7. The summed E-state index contributed by atoms with van der Waals surface area (Å²) in [5, 5.41) is 16.5. The van der Waals surface area contributed by atoms with Gasteiger partial charge in [0.1, 0.15) is 6.04 Å². The average molecular weight is 496 g/mol. The number of esters is 1. The number of nitrogens with one attached hydrogen (secondary N) is 2. The highest BCUT2D eigenvalue weighted by atomic mass is 35.5. The van der Waals surface area contributed by atoms with Gasteiger partial charge < -0.3 is 15.4 Å². The van der Waals surface area contributed by atoms with Crippen molar-refractivity contribution in [1.82, 2.24) is 10.6 Å². The molecular weight excluding hydrogens is 473 g/mol. The third kappa shape index (κ3) is 7.44. The van der Waals surface area contributed by atoms with Crippen molar-refractivity contribution in [2.45, 2.75) is 32.9 Å². The number of nitro groups is 1. The van der Waals surface area contributed by atoms with E-state index in [1.807, 2.05) is 0 Å². The summed E-state index contributed by atoms with van der Waals surface area (Å²) in [7, 11) is 0. The van der Waals surface area contributed by atoms with Crippen LogP contribution in [-0.4, -0.2) is 35.4 Å². The Morgan fingerprint density at radius 1 is 1.03 bits per heavy atom. The van der Waals surface area contributed by atoms with Gasteiger partial charge in [-0.15, -0.1) is 0 Å². The molecule has 2 aromatic rings. The van der Waals surface area contributed by atoms with E-state index in [1.54, 1.807) is 45.0 Å². The van der Waals surface area contributed by atoms with Gasteiger partial charge in [0.25, 0.3) is 17.5 Å². The lowest BCUT2D eigenvalue weighted by Crippen LogP contribution is -2.46. The lowest BCUT2D eigenvalue weighted by molar-refractivity contribution is -0.384. The Kier molecular flexibility index (Phi) is 9.19. The van der Waals surface area contributed by atoms with Gasteiger partial charge in [-0.2, -0.15) is 0 Å². The van der Waals surface area contributed by atoms with E-state index < -0.39 is 35.4 Å². The van der Waals surface area contributed by atoms with Crippen molar-refractivity contribution in [1.29, 1.82) is 0 Å². The van der Waals surface area contributed by atoms with Gasteiger partial charge >= 0.3 is 5.97 Å². The number of nitro benzene ring substituents is 1. The minimum Gasteiger partial charge on any atom is -0.454 e. The fourth-order valence-corrected chi connectivity index (χ4v) is 3.25. The molecule has 0 saturated heterocycles. The number of nitrogens with zero attached hydrogens (tertiary/aromatic N) is 1.